The molecule has 0 bridgehead atoms. The number of carbonyl (C=O) groups excluding carboxylic acids is 1. The second-order valence-corrected chi connectivity index (χ2v) is 15.2. The molecule has 3 heterocycles. The van der Waals surface area contributed by atoms with E-state index in [9.17, 15) is 14.7 Å². The number of ketones is 1. The molecule has 1 saturated heterocycles. The minimum Gasteiger partial charge on any atom is -0.481 e. The molecule has 7 rings (SSSR count). The van der Waals surface area contributed by atoms with Crippen LogP contribution in [-0.4, -0.2) is 65.6 Å². The van der Waals surface area contributed by atoms with Crippen LogP contribution < -0.4 is 19.5 Å². The lowest BCUT2D eigenvalue weighted by Gasteiger charge is -2.20. The van der Waals surface area contributed by atoms with Crippen molar-refractivity contribution in [3.8, 4) is 40.0 Å². The molecule has 4 atom stereocenters. The molecule has 12 heteroatoms. The van der Waals surface area contributed by atoms with E-state index in [2.05, 4.69) is 27.3 Å². The van der Waals surface area contributed by atoms with Crippen molar-refractivity contribution in [1.82, 2.24) is 20.2 Å². The summed E-state index contributed by atoms with van der Waals surface area (Å²) in [5.41, 5.74) is 7.39. The summed E-state index contributed by atoms with van der Waals surface area (Å²) >= 11 is 14.0. The summed E-state index contributed by atoms with van der Waals surface area (Å²) < 4.78 is 17.8. The zero-order valence-electron chi connectivity index (χ0n) is 30.2. The van der Waals surface area contributed by atoms with Crippen molar-refractivity contribution in [2.45, 2.75) is 58.2 Å². The molecule has 0 amide bonds. The van der Waals surface area contributed by atoms with Crippen molar-refractivity contribution in [2.75, 3.05) is 33.9 Å². The number of Topliss-reactive ketones (excluding diaryl/α,β-unsaturated/α-hetero) is 1. The molecule has 2 aromatic carbocycles. The number of halogens is 2. The molecule has 1 aliphatic heterocycles. The number of likely N-dealkylation sites (tertiary alicyclic amines) is 1. The van der Waals surface area contributed by atoms with Crippen LogP contribution in [0.25, 0.3) is 22.4 Å². The van der Waals surface area contributed by atoms with Gasteiger partial charge in [-0.1, -0.05) is 72.6 Å². The van der Waals surface area contributed by atoms with E-state index in [1.807, 2.05) is 49.4 Å². The number of hydrogen-bond acceptors (Lipinski definition) is 9. The summed E-state index contributed by atoms with van der Waals surface area (Å²) in [7, 11) is 3.18. The van der Waals surface area contributed by atoms with E-state index in [4.69, 9.17) is 42.4 Å². The summed E-state index contributed by atoms with van der Waals surface area (Å²) in [5, 5.41) is 14.0. The van der Waals surface area contributed by atoms with Gasteiger partial charge in [0, 0.05) is 61.3 Å². The molecular formula is C41H44Cl2N4O6. The zero-order chi connectivity index (χ0) is 37.2. The van der Waals surface area contributed by atoms with Crippen molar-refractivity contribution in [3.05, 3.63) is 86.9 Å². The number of carbonyl (C=O) groups is 2. The summed E-state index contributed by atoms with van der Waals surface area (Å²) in [6.07, 6.45) is 3.53. The van der Waals surface area contributed by atoms with Gasteiger partial charge in [0.1, 0.15) is 16.9 Å². The molecule has 2 aromatic heterocycles. The van der Waals surface area contributed by atoms with Gasteiger partial charge in [0.15, 0.2) is 0 Å². The van der Waals surface area contributed by atoms with E-state index < -0.39 is 11.9 Å². The lowest BCUT2D eigenvalue weighted by molar-refractivity contribution is -0.142. The number of benzene rings is 2. The van der Waals surface area contributed by atoms with E-state index in [1.165, 1.54) is 0 Å². The molecular weight excluding hydrogens is 715 g/mol. The second kappa shape index (κ2) is 16.0. The van der Waals surface area contributed by atoms with Crippen LogP contribution in [-0.2, 0) is 29.1 Å². The van der Waals surface area contributed by atoms with Crippen LogP contribution >= 0.6 is 23.2 Å². The fraction of sp³-hybridized carbons (Fsp3) is 0.415. The Morgan fingerprint density at radius 3 is 2.42 bits per heavy atom. The molecule has 4 aromatic rings. The lowest BCUT2D eigenvalue weighted by atomic mass is 9.94. The Morgan fingerprint density at radius 2 is 1.68 bits per heavy atom. The molecule has 2 N–H and O–H groups in total. The maximum Gasteiger partial charge on any atom is 0.308 e. The molecule has 2 fully saturated rings. The monoisotopic (exact) mass is 758 g/mol. The third-order valence-electron chi connectivity index (χ3n) is 10.8. The first-order valence-electron chi connectivity index (χ1n) is 18.2. The van der Waals surface area contributed by atoms with Gasteiger partial charge in [0.2, 0.25) is 17.6 Å². The summed E-state index contributed by atoms with van der Waals surface area (Å²) in [6.45, 7) is 4.96. The first-order valence-corrected chi connectivity index (χ1v) is 18.9. The number of nitrogens with zero attached hydrogens (tertiary/aromatic N) is 3. The maximum absolute atomic E-state index is 11.6. The second-order valence-electron chi connectivity index (χ2n) is 14.4. The molecule has 0 spiro atoms. The molecule has 2 aliphatic carbocycles. The summed E-state index contributed by atoms with van der Waals surface area (Å²) in [4.78, 5) is 34.9. The van der Waals surface area contributed by atoms with E-state index in [1.54, 1.807) is 14.2 Å². The van der Waals surface area contributed by atoms with Crippen LogP contribution in [0, 0.1) is 17.8 Å². The van der Waals surface area contributed by atoms with Crippen LogP contribution in [0.15, 0.2) is 54.6 Å². The minimum absolute atomic E-state index is 0.0514. The normalized spacial score (nSPS) is 21.2. The average Bonchev–Trinajstić information content (AvgIpc) is 3.87. The highest BCUT2D eigenvalue weighted by atomic mass is 35.5. The largest absolute Gasteiger partial charge is 0.481 e. The predicted molar refractivity (Wildman–Crippen MR) is 204 cm³/mol. The number of aromatic nitrogens is 2. The van der Waals surface area contributed by atoms with E-state index in [0.717, 1.165) is 64.8 Å². The van der Waals surface area contributed by atoms with Crippen LogP contribution in [0.5, 0.6) is 17.6 Å². The first kappa shape index (κ1) is 37.1. The molecule has 0 radical (unpaired) electrons. The number of nitrogens with one attached hydrogen (secondary N) is 1. The Bertz CT molecular complexity index is 2020. The van der Waals surface area contributed by atoms with Gasteiger partial charge in [-0.25, -0.2) is 4.98 Å². The number of fused-ring (bicyclic) bond motifs is 1. The van der Waals surface area contributed by atoms with Gasteiger partial charge in [0.05, 0.1) is 30.9 Å². The number of aliphatic carboxylic acids is 1. The molecule has 53 heavy (non-hydrogen) atoms. The van der Waals surface area contributed by atoms with Crippen LogP contribution in [0.3, 0.4) is 0 Å². The zero-order valence-corrected chi connectivity index (χ0v) is 31.7. The van der Waals surface area contributed by atoms with E-state index in [-0.39, 0.29) is 12.0 Å². The van der Waals surface area contributed by atoms with Crippen molar-refractivity contribution < 1.29 is 28.9 Å². The fourth-order valence-electron chi connectivity index (χ4n) is 8.10. The maximum atomic E-state index is 11.6. The molecule has 10 nitrogen and oxygen atoms in total. The Kier molecular flexibility index (Phi) is 11.2. The quantitative estimate of drug-likeness (QED) is 0.140. The van der Waals surface area contributed by atoms with Crippen LogP contribution in [0.2, 0.25) is 10.0 Å². The Morgan fingerprint density at radius 1 is 0.925 bits per heavy atom. The number of carboxylic acids is 1. The SMILES string of the molecule is COc1nc(-c2cccc(-c3cccc4c3CC[C@@H]4Oc3nc(OC)c(CN4C[C@H](C(=O)O)[C@@H](C)C4)cc3Cl)c2Cl)ccc1CNC[C@@H]1CCC(=O)C1. The smallest absolute Gasteiger partial charge is 0.308 e. The third-order valence-corrected chi connectivity index (χ3v) is 11.5. The highest BCUT2D eigenvalue weighted by Gasteiger charge is 2.35. The standard InChI is InChI=1S/C41H44Cl2N4O6/c1-23-20-47(22-33(23)41(49)50)21-26-17-34(42)40(46-39(26)52-3)53-36-15-13-29-28(6-4-7-30(29)36)31-8-5-9-32(37(31)43)35-14-11-25(38(45-35)51-2)19-44-18-24-10-12-27(48)16-24/h4-9,11,14,17,23-24,33,36,44H,10,12-13,15-16,18-22H2,1-3H3,(H,49,50)/t23-,24+,33-,36-/m0/s1. The Labute approximate surface area is 319 Å². The number of ether oxygens (including phenoxy) is 3. The fourth-order valence-corrected chi connectivity index (χ4v) is 8.64. The third kappa shape index (κ3) is 7.87. The molecule has 0 unspecified atom stereocenters. The summed E-state index contributed by atoms with van der Waals surface area (Å²) in [5.74, 6) is 0.845. The lowest BCUT2D eigenvalue weighted by Crippen LogP contribution is -2.23. The molecule has 3 aliphatic rings. The van der Waals surface area contributed by atoms with Crippen molar-refractivity contribution in [2.24, 2.45) is 17.8 Å². The van der Waals surface area contributed by atoms with Gasteiger partial charge >= 0.3 is 5.97 Å². The van der Waals surface area contributed by atoms with Gasteiger partial charge in [-0.05, 0) is 66.5 Å². The van der Waals surface area contributed by atoms with Gasteiger partial charge < -0.3 is 24.6 Å². The van der Waals surface area contributed by atoms with Gasteiger partial charge in [-0.2, -0.15) is 4.98 Å². The topological polar surface area (TPSA) is 123 Å². The van der Waals surface area contributed by atoms with Crippen LogP contribution in [0.1, 0.15) is 61.0 Å². The first-order chi connectivity index (χ1) is 25.6. The Balaban J connectivity index is 1.08. The number of pyridine rings is 2. The van der Waals surface area contributed by atoms with E-state index in [0.29, 0.717) is 84.1 Å². The average molecular weight is 760 g/mol. The Hall–Kier alpha value is -4.22. The minimum atomic E-state index is -0.774. The summed E-state index contributed by atoms with van der Waals surface area (Å²) in [6, 6.07) is 18.0. The van der Waals surface area contributed by atoms with Crippen molar-refractivity contribution in [1.29, 1.82) is 0 Å². The van der Waals surface area contributed by atoms with Gasteiger partial charge in [-0.3, -0.25) is 14.5 Å². The van der Waals surface area contributed by atoms with E-state index >= 15 is 0 Å². The van der Waals surface area contributed by atoms with Crippen molar-refractivity contribution in [3.63, 3.8) is 0 Å². The predicted octanol–water partition coefficient (Wildman–Crippen LogP) is 7.81. The number of hydrogen-bond donors (Lipinski definition) is 2. The number of carboxylic acid groups (broad SMARTS) is 1. The highest BCUT2D eigenvalue weighted by Crippen LogP contribution is 2.45. The number of rotatable bonds is 13. The van der Waals surface area contributed by atoms with Gasteiger partial charge in [-0.15, -0.1) is 0 Å². The van der Waals surface area contributed by atoms with Crippen molar-refractivity contribution >= 4 is 35.0 Å². The number of methoxy groups -OCH3 is 2. The van der Waals surface area contributed by atoms with Gasteiger partial charge in [0.25, 0.3) is 0 Å². The van der Waals surface area contributed by atoms with Crippen LogP contribution in [0.4, 0.5) is 0 Å². The highest BCUT2D eigenvalue weighted by molar-refractivity contribution is 6.36. The molecule has 1 saturated carbocycles. The molecule has 278 valence electrons.